The molecule has 0 saturated heterocycles. The first-order valence-electron chi connectivity index (χ1n) is 6.27. The van der Waals surface area contributed by atoms with Crippen LogP contribution >= 0.6 is 11.8 Å². The van der Waals surface area contributed by atoms with Crippen LogP contribution in [0.4, 0.5) is 0 Å². The van der Waals surface area contributed by atoms with Crippen LogP contribution in [0.3, 0.4) is 0 Å². The quantitative estimate of drug-likeness (QED) is 0.819. The second-order valence-corrected chi connectivity index (χ2v) is 5.49. The maximum Gasteiger partial charge on any atom is 0.108 e. The van der Waals surface area contributed by atoms with E-state index < -0.39 is 0 Å². The average Bonchev–Trinajstić information content (AvgIpc) is 2.79. The van der Waals surface area contributed by atoms with Gasteiger partial charge in [0.05, 0.1) is 6.26 Å². The van der Waals surface area contributed by atoms with Crippen LogP contribution in [0.15, 0.2) is 16.7 Å². The molecular formula is C13H21NO2S. The fourth-order valence-corrected chi connectivity index (χ4v) is 3.18. The highest BCUT2D eigenvalue weighted by atomic mass is 32.2. The van der Waals surface area contributed by atoms with Crippen molar-refractivity contribution in [1.82, 2.24) is 5.32 Å². The second-order valence-electron chi connectivity index (χ2n) is 4.58. The monoisotopic (exact) mass is 255 g/mol. The summed E-state index contributed by atoms with van der Waals surface area (Å²) in [4.78, 5) is 0. The first-order chi connectivity index (χ1) is 8.35. The standard InChI is InChI=1S/C13H21NO2S/c1-17-9-10(5-7-15)14-12-3-2-4-13-11(12)6-8-16-13/h6,8,10,12,14-15H,2-5,7,9H2,1H3/t10-,12-/m1/s1. The molecule has 17 heavy (non-hydrogen) atoms. The summed E-state index contributed by atoms with van der Waals surface area (Å²) in [5, 5.41) is 12.7. The average molecular weight is 255 g/mol. The molecule has 0 fully saturated rings. The van der Waals surface area contributed by atoms with Gasteiger partial charge in [-0.1, -0.05) is 0 Å². The lowest BCUT2D eigenvalue weighted by Gasteiger charge is -2.27. The zero-order valence-electron chi connectivity index (χ0n) is 10.3. The van der Waals surface area contributed by atoms with E-state index in [4.69, 9.17) is 9.52 Å². The van der Waals surface area contributed by atoms with Crippen molar-refractivity contribution in [2.75, 3.05) is 18.6 Å². The second kappa shape index (κ2) is 6.47. The van der Waals surface area contributed by atoms with Gasteiger partial charge in [0.15, 0.2) is 0 Å². The van der Waals surface area contributed by atoms with Gasteiger partial charge in [0.25, 0.3) is 0 Å². The Balaban J connectivity index is 1.99. The van der Waals surface area contributed by atoms with Crippen LogP contribution < -0.4 is 5.32 Å². The molecule has 96 valence electrons. The number of hydrogen-bond donors (Lipinski definition) is 2. The molecule has 1 aromatic heterocycles. The largest absolute Gasteiger partial charge is 0.469 e. The summed E-state index contributed by atoms with van der Waals surface area (Å²) in [6.07, 6.45) is 8.14. The lowest BCUT2D eigenvalue weighted by molar-refractivity contribution is 0.260. The first kappa shape index (κ1) is 13.0. The predicted octanol–water partition coefficient (Wildman–Crippen LogP) is 2.36. The number of thioether (sulfide) groups is 1. The third-order valence-corrected chi connectivity index (χ3v) is 4.07. The number of aliphatic hydroxyl groups is 1. The van der Waals surface area contributed by atoms with Gasteiger partial charge < -0.3 is 14.8 Å². The number of aryl methyl sites for hydroxylation is 1. The number of hydrogen-bond acceptors (Lipinski definition) is 4. The highest BCUT2D eigenvalue weighted by Crippen LogP contribution is 2.31. The van der Waals surface area contributed by atoms with Gasteiger partial charge >= 0.3 is 0 Å². The summed E-state index contributed by atoms with van der Waals surface area (Å²) in [6.45, 7) is 0.253. The molecule has 0 amide bonds. The molecule has 1 aliphatic rings. The molecule has 0 aliphatic heterocycles. The van der Waals surface area contributed by atoms with Crippen LogP contribution in [0.25, 0.3) is 0 Å². The van der Waals surface area contributed by atoms with Crippen LogP contribution in [0.5, 0.6) is 0 Å². The van der Waals surface area contributed by atoms with Gasteiger partial charge in [0.2, 0.25) is 0 Å². The van der Waals surface area contributed by atoms with Crippen LogP contribution in [-0.2, 0) is 6.42 Å². The molecule has 2 rings (SSSR count). The number of furan rings is 1. The minimum atomic E-state index is 0.253. The van der Waals surface area contributed by atoms with E-state index in [2.05, 4.69) is 17.6 Å². The van der Waals surface area contributed by atoms with Crippen LogP contribution in [0.2, 0.25) is 0 Å². The molecular weight excluding hydrogens is 234 g/mol. The van der Waals surface area contributed by atoms with Gasteiger partial charge in [-0.3, -0.25) is 0 Å². The maximum absolute atomic E-state index is 9.08. The molecule has 2 N–H and O–H groups in total. The highest BCUT2D eigenvalue weighted by molar-refractivity contribution is 7.98. The predicted molar refractivity (Wildman–Crippen MR) is 71.4 cm³/mol. The third kappa shape index (κ3) is 3.27. The van der Waals surface area contributed by atoms with Crippen molar-refractivity contribution in [2.24, 2.45) is 0 Å². The van der Waals surface area contributed by atoms with Gasteiger partial charge in [-0.15, -0.1) is 0 Å². The molecule has 0 unspecified atom stereocenters. The van der Waals surface area contributed by atoms with Gasteiger partial charge in [-0.05, 0) is 31.6 Å². The fraction of sp³-hybridized carbons (Fsp3) is 0.692. The molecule has 1 aliphatic carbocycles. The summed E-state index contributed by atoms with van der Waals surface area (Å²) < 4.78 is 5.49. The van der Waals surface area contributed by atoms with Crippen LogP contribution in [-0.4, -0.2) is 29.8 Å². The van der Waals surface area contributed by atoms with Crippen molar-refractivity contribution >= 4 is 11.8 Å². The summed E-state index contributed by atoms with van der Waals surface area (Å²) in [7, 11) is 0. The summed E-state index contributed by atoms with van der Waals surface area (Å²) >= 11 is 1.82. The van der Waals surface area contributed by atoms with E-state index in [1.54, 1.807) is 6.26 Å². The first-order valence-corrected chi connectivity index (χ1v) is 7.66. The normalized spacial score (nSPS) is 21.2. The number of rotatable bonds is 6. The summed E-state index contributed by atoms with van der Waals surface area (Å²) in [5.41, 5.74) is 1.32. The highest BCUT2D eigenvalue weighted by Gasteiger charge is 2.24. The third-order valence-electron chi connectivity index (χ3n) is 3.33. The molecule has 0 radical (unpaired) electrons. The zero-order chi connectivity index (χ0) is 12.1. The molecule has 0 saturated carbocycles. The van der Waals surface area contributed by atoms with Gasteiger partial charge in [-0.25, -0.2) is 0 Å². The Kier molecular flexibility index (Phi) is 4.95. The molecule has 0 spiro atoms. The van der Waals surface area contributed by atoms with E-state index in [1.807, 2.05) is 11.8 Å². The lowest BCUT2D eigenvalue weighted by Crippen LogP contribution is -2.36. The van der Waals surface area contributed by atoms with Crippen molar-refractivity contribution in [3.8, 4) is 0 Å². The molecule has 3 nitrogen and oxygen atoms in total. The van der Waals surface area contributed by atoms with Gasteiger partial charge in [-0.2, -0.15) is 11.8 Å². The van der Waals surface area contributed by atoms with Crippen molar-refractivity contribution in [3.05, 3.63) is 23.7 Å². The van der Waals surface area contributed by atoms with Gasteiger partial charge in [0.1, 0.15) is 5.76 Å². The Labute approximate surface area is 107 Å². The smallest absolute Gasteiger partial charge is 0.108 e. The van der Waals surface area contributed by atoms with Crippen molar-refractivity contribution < 1.29 is 9.52 Å². The van der Waals surface area contributed by atoms with Crippen LogP contribution in [0.1, 0.15) is 36.6 Å². The lowest BCUT2D eigenvalue weighted by atomic mass is 9.93. The number of fused-ring (bicyclic) bond motifs is 1. The van der Waals surface area contributed by atoms with E-state index in [0.29, 0.717) is 12.1 Å². The Morgan fingerprint density at radius 3 is 3.29 bits per heavy atom. The molecule has 4 heteroatoms. The van der Waals surface area contributed by atoms with E-state index >= 15 is 0 Å². The van der Waals surface area contributed by atoms with E-state index in [9.17, 15) is 0 Å². The molecule has 0 bridgehead atoms. The van der Waals surface area contributed by atoms with E-state index in [1.165, 1.54) is 18.4 Å². The maximum atomic E-state index is 9.08. The zero-order valence-corrected chi connectivity index (χ0v) is 11.1. The minimum Gasteiger partial charge on any atom is -0.469 e. The number of aliphatic hydroxyl groups excluding tert-OH is 1. The molecule has 0 aromatic carbocycles. The molecule has 1 heterocycles. The van der Waals surface area contributed by atoms with Gasteiger partial charge in [0, 0.05) is 36.4 Å². The van der Waals surface area contributed by atoms with Crippen molar-refractivity contribution in [2.45, 2.75) is 37.8 Å². The van der Waals surface area contributed by atoms with Crippen molar-refractivity contribution in [1.29, 1.82) is 0 Å². The SMILES string of the molecule is CSC[C@@H](CCO)N[C@@H]1CCCc2occc21. The van der Waals surface area contributed by atoms with Crippen molar-refractivity contribution in [3.63, 3.8) is 0 Å². The Bertz CT molecular complexity index is 334. The topological polar surface area (TPSA) is 45.4 Å². The number of nitrogens with one attached hydrogen (secondary N) is 1. The molecule has 2 atom stereocenters. The van der Waals surface area contributed by atoms with Crippen LogP contribution in [0, 0.1) is 0 Å². The van der Waals surface area contributed by atoms with E-state index in [-0.39, 0.29) is 6.61 Å². The Hall–Kier alpha value is -0.450. The molecule has 1 aromatic rings. The minimum absolute atomic E-state index is 0.253. The fourth-order valence-electron chi connectivity index (χ4n) is 2.52. The summed E-state index contributed by atoms with van der Waals surface area (Å²) in [6, 6.07) is 2.88. The van der Waals surface area contributed by atoms with E-state index in [0.717, 1.165) is 24.4 Å². The Morgan fingerprint density at radius 2 is 2.53 bits per heavy atom. The summed E-state index contributed by atoms with van der Waals surface area (Å²) in [5.74, 6) is 2.19. The Morgan fingerprint density at radius 1 is 1.65 bits per heavy atom.